The molecule has 1 aliphatic rings. The van der Waals surface area contributed by atoms with Crippen LogP contribution in [-0.4, -0.2) is 21.9 Å². The lowest BCUT2D eigenvalue weighted by Gasteiger charge is -2.22. The van der Waals surface area contributed by atoms with Gasteiger partial charge in [0.2, 0.25) is 0 Å². The van der Waals surface area contributed by atoms with Crippen LogP contribution in [0.3, 0.4) is 0 Å². The summed E-state index contributed by atoms with van der Waals surface area (Å²) in [7, 11) is 0. The minimum atomic E-state index is 0.0266. The van der Waals surface area contributed by atoms with Crippen LogP contribution in [0.15, 0.2) is 47.2 Å². The number of aryl methyl sites for hydroxylation is 1. The molecule has 1 atom stereocenters. The summed E-state index contributed by atoms with van der Waals surface area (Å²) in [6.07, 6.45) is 4.38. The van der Waals surface area contributed by atoms with Crippen molar-refractivity contribution >= 4 is 38.9 Å². The molecular weight excluding hydrogens is 398 g/mol. The van der Waals surface area contributed by atoms with E-state index in [-0.39, 0.29) is 11.9 Å². The number of halogens is 1. The summed E-state index contributed by atoms with van der Waals surface area (Å²) >= 11 is 4.95. The van der Waals surface area contributed by atoms with Gasteiger partial charge in [-0.15, -0.1) is 11.3 Å². The van der Waals surface area contributed by atoms with E-state index in [9.17, 15) is 4.79 Å². The number of carbonyl (C=O) groups is 1. The fourth-order valence-electron chi connectivity index (χ4n) is 3.23. The topological polar surface area (TPSA) is 46.1 Å². The number of fused-ring (bicyclic) bond motifs is 1. The number of carbonyl (C=O) groups excluding carboxylic acids is 1. The number of benzene rings is 1. The maximum Gasteiger partial charge on any atom is 0.270 e. The lowest BCUT2D eigenvalue weighted by atomic mass is 10.1. The van der Waals surface area contributed by atoms with Crippen molar-refractivity contribution in [3.05, 3.63) is 63.3 Å². The van der Waals surface area contributed by atoms with Crippen LogP contribution in [0.4, 0.5) is 5.69 Å². The molecule has 126 valence electrons. The molecule has 3 aromatic rings. The predicted octanol–water partition coefficient (Wildman–Crippen LogP) is 4.87. The second-order valence-corrected chi connectivity index (χ2v) is 8.09. The van der Waals surface area contributed by atoms with Crippen LogP contribution in [0.2, 0.25) is 0 Å². The Labute approximate surface area is 158 Å². The first kappa shape index (κ1) is 16.4. The van der Waals surface area contributed by atoms with Crippen LogP contribution < -0.4 is 4.90 Å². The summed E-state index contributed by atoms with van der Waals surface area (Å²) in [4.78, 5) is 24.6. The molecule has 1 aliphatic heterocycles. The molecule has 4 rings (SSSR count). The third-order valence-electron chi connectivity index (χ3n) is 4.38. The second-order valence-electron chi connectivity index (χ2n) is 6.18. The molecule has 4 nitrogen and oxygen atoms in total. The maximum absolute atomic E-state index is 13.2. The van der Waals surface area contributed by atoms with Gasteiger partial charge in [0, 0.05) is 34.2 Å². The van der Waals surface area contributed by atoms with Crippen molar-refractivity contribution in [1.29, 1.82) is 0 Å². The molecule has 0 saturated carbocycles. The van der Waals surface area contributed by atoms with Gasteiger partial charge in [0.05, 0.1) is 5.69 Å². The van der Waals surface area contributed by atoms with Crippen LogP contribution >= 0.6 is 27.3 Å². The molecule has 25 heavy (non-hydrogen) atoms. The largest absolute Gasteiger partial charge is 0.304 e. The van der Waals surface area contributed by atoms with E-state index in [1.807, 2.05) is 36.1 Å². The monoisotopic (exact) mass is 413 g/mol. The van der Waals surface area contributed by atoms with Crippen molar-refractivity contribution in [2.24, 2.45) is 0 Å². The summed E-state index contributed by atoms with van der Waals surface area (Å²) in [6.45, 7) is 3.98. The maximum atomic E-state index is 13.2. The first-order valence-electron chi connectivity index (χ1n) is 8.04. The molecule has 3 heterocycles. The van der Waals surface area contributed by atoms with E-state index in [1.165, 1.54) is 16.9 Å². The van der Waals surface area contributed by atoms with Gasteiger partial charge >= 0.3 is 0 Å². The zero-order chi connectivity index (χ0) is 17.6. The first-order chi connectivity index (χ1) is 12.0. The Morgan fingerprint density at radius 2 is 2.20 bits per heavy atom. The number of amides is 1. The number of thiazole rings is 1. The van der Waals surface area contributed by atoms with Gasteiger partial charge in [-0.05, 0) is 56.2 Å². The number of hydrogen-bond acceptors (Lipinski definition) is 4. The number of nitrogens with zero attached hydrogens (tertiary/aromatic N) is 3. The highest BCUT2D eigenvalue weighted by molar-refractivity contribution is 9.10. The van der Waals surface area contributed by atoms with Crippen LogP contribution in [-0.2, 0) is 6.42 Å². The number of hydrogen-bond donors (Lipinski definition) is 0. The Hall–Kier alpha value is -2.05. The second kappa shape index (κ2) is 6.35. The third-order valence-corrected chi connectivity index (χ3v) is 6.06. The Bertz CT molecular complexity index is 955. The normalized spacial score (nSPS) is 16.1. The SMILES string of the molecule is Cc1nc(-c2cccnc2)sc1C(=O)N1c2ccc(Br)cc2C[C@H]1C. The van der Waals surface area contributed by atoms with Gasteiger partial charge in [0.25, 0.3) is 5.91 Å². The molecule has 0 unspecified atom stereocenters. The predicted molar refractivity (Wildman–Crippen MR) is 104 cm³/mol. The molecule has 0 radical (unpaired) electrons. The number of pyridine rings is 1. The summed E-state index contributed by atoms with van der Waals surface area (Å²) in [6, 6.07) is 10.1. The minimum Gasteiger partial charge on any atom is -0.304 e. The molecule has 0 saturated heterocycles. The average Bonchev–Trinajstić information content (AvgIpc) is 3.14. The van der Waals surface area contributed by atoms with Crippen LogP contribution in [0.25, 0.3) is 10.6 Å². The molecule has 1 aromatic carbocycles. The van der Waals surface area contributed by atoms with Gasteiger partial charge < -0.3 is 4.90 Å². The van der Waals surface area contributed by atoms with Crippen molar-refractivity contribution in [3.63, 3.8) is 0 Å². The van der Waals surface area contributed by atoms with Crippen molar-refractivity contribution in [2.75, 3.05) is 4.90 Å². The summed E-state index contributed by atoms with van der Waals surface area (Å²) in [5.41, 5.74) is 3.90. The highest BCUT2D eigenvalue weighted by Gasteiger charge is 2.33. The van der Waals surface area contributed by atoms with Crippen LogP contribution in [0.5, 0.6) is 0 Å². The molecule has 1 amide bonds. The molecule has 0 aliphatic carbocycles. The van der Waals surface area contributed by atoms with Gasteiger partial charge in [-0.25, -0.2) is 4.98 Å². The molecule has 0 spiro atoms. The van der Waals surface area contributed by atoms with E-state index in [0.717, 1.165) is 32.8 Å². The standard InChI is InChI=1S/C19H16BrN3OS/c1-11-8-14-9-15(20)5-6-16(14)23(11)19(24)17-12(2)22-18(25-17)13-4-3-7-21-10-13/h3-7,9-11H,8H2,1-2H3/t11-/m1/s1. The zero-order valence-electron chi connectivity index (χ0n) is 13.9. The fourth-order valence-corrected chi connectivity index (χ4v) is 4.63. The molecule has 6 heteroatoms. The Morgan fingerprint density at radius 3 is 2.96 bits per heavy atom. The number of aromatic nitrogens is 2. The van der Waals surface area contributed by atoms with Crippen molar-refractivity contribution in [1.82, 2.24) is 9.97 Å². The van der Waals surface area contributed by atoms with Gasteiger partial charge in [0.1, 0.15) is 9.88 Å². The zero-order valence-corrected chi connectivity index (χ0v) is 16.3. The summed E-state index contributed by atoms with van der Waals surface area (Å²) in [5.74, 6) is 0.0266. The fraction of sp³-hybridized carbons (Fsp3) is 0.211. The first-order valence-corrected chi connectivity index (χ1v) is 9.65. The van der Waals surface area contributed by atoms with E-state index >= 15 is 0 Å². The third kappa shape index (κ3) is 2.89. The number of anilines is 1. The highest BCUT2D eigenvalue weighted by atomic mass is 79.9. The van der Waals surface area contributed by atoms with Gasteiger partial charge in [0.15, 0.2) is 0 Å². The lowest BCUT2D eigenvalue weighted by molar-refractivity contribution is 0.0984. The van der Waals surface area contributed by atoms with E-state index in [1.54, 1.807) is 12.4 Å². The van der Waals surface area contributed by atoms with Crippen molar-refractivity contribution in [3.8, 4) is 10.6 Å². The minimum absolute atomic E-state index is 0.0266. The van der Waals surface area contributed by atoms with E-state index in [4.69, 9.17) is 0 Å². The quantitative estimate of drug-likeness (QED) is 0.601. The molecule has 2 aromatic heterocycles. The summed E-state index contributed by atoms with van der Waals surface area (Å²) < 4.78 is 1.04. The van der Waals surface area contributed by atoms with Gasteiger partial charge in [-0.1, -0.05) is 15.9 Å². The Balaban J connectivity index is 1.72. The van der Waals surface area contributed by atoms with Crippen LogP contribution in [0, 0.1) is 6.92 Å². The van der Waals surface area contributed by atoms with Crippen LogP contribution in [0.1, 0.15) is 27.9 Å². The van der Waals surface area contributed by atoms with E-state index in [2.05, 4.69) is 38.9 Å². The van der Waals surface area contributed by atoms with Gasteiger partial charge in [-0.3, -0.25) is 9.78 Å². The van der Waals surface area contributed by atoms with E-state index < -0.39 is 0 Å². The smallest absolute Gasteiger partial charge is 0.270 e. The van der Waals surface area contributed by atoms with Gasteiger partial charge in [-0.2, -0.15) is 0 Å². The van der Waals surface area contributed by atoms with E-state index in [0.29, 0.717) is 4.88 Å². The number of rotatable bonds is 2. The lowest BCUT2D eigenvalue weighted by Crippen LogP contribution is -2.35. The highest BCUT2D eigenvalue weighted by Crippen LogP contribution is 2.37. The molecular formula is C19H16BrN3OS. The molecule has 0 bridgehead atoms. The van der Waals surface area contributed by atoms with Crippen molar-refractivity contribution < 1.29 is 4.79 Å². The average molecular weight is 414 g/mol. The summed E-state index contributed by atoms with van der Waals surface area (Å²) in [5, 5.41) is 0.830. The molecule has 0 fully saturated rings. The Kier molecular flexibility index (Phi) is 4.17. The Morgan fingerprint density at radius 1 is 1.36 bits per heavy atom. The van der Waals surface area contributed by atoms with Crippen molar-refractivity contribution in [2.45, 2.75) is 26.3 Å². The molecule has 0 N–H and O–H groups in total.